The summed E-state index contributed by atoms with van der Waals surface area (Å²) in [6.45, 7) is -9.78. The summed E-state index contributed by atoms with van der Waals surface area (Å²) in [5.74, 6) is -6.10. The number of benzene rings is 3. The first-order valence-electron chi connectivity index (χ1n) is 23.8. The molecule has 0 bridgehead atoms. The number of alkyl halides is 3. The van der Waals surface area contributed by atoms with Gasteiger partial charge in [0.15, 0.2) is 5.16 Å². The Morgan fingerprint density at radius 2 is 1.65 bits per heavy atom. The lowest BCUT2D eigenvalue weighted by molar-refractivity contribution is -0.137. The Balaban J connectivity index is 1.84. The van der Waals surface area contributed by atoms with Crippen LogP contribution in [0, 0.1) is 11.7 Å². The van der Waals surface area contributed by atoms with Crippen LogP contribution in [0.1, 0.15) is 74.8 Å². The molecular weight excluding hydrogens is 640 g/mol. The molecule has 1 atom stereocenters. The van der Waals surface area contributed by atoms with Crippen LogP contribution in [0.4, 0.5) is 17.6 Å². The van der Waals surface area contributed by atoms with E-state index in [1.807, 2.05) is 0 Å². The molecule has 0 saturated carbocycles. The normalized spacial score (nSPS) is 24.6. The summed E-state index contributed by atoms with van der Waals surface area (Å²) in [7, 11) is 0. The van der Waals surface area contributed by atoms with Crippen LogP contribution in [0.25, 0.3) is 11.1 Å². The summed E-state index contributed by atoms with van der Waals surface area (Å²) in [4.78, 5) is 33.3. The van der Waals surface area contributed by atoms with Crippen LogP contribution in [0.3, 0.4) is 0 Å². The van der Waals surface area contributed by atoms with Crippen molar-refractivity contribution >= 4 is 17.7 Å². The van der Waals surface area contributed by atoms with Crippen molar-refractivity contribution in [1.82, 2.24) is 19.4 Å². The fraction of sp³-hybridized carbons (Fsp3) is 0.378. The van der Waals surface area contributed by atoms with E-state index in [2.05, 4.69) is 4.98 Å². The number of aromatic nitrogens is 2. The molecule has 48 heavy (non-hydrogen) atoms. The Hall–Kier alpha value is -3.96. The molecule has 11 heteroatoms. The maximum absolute atomic E-state index is 15.2. The van der Waals surface area contributed by atoms with Gasteiger partial charge in [0, 0.05) is 46.1 Å². The van der Waals surface area contributed by atoms with Crippen molar-refractivity contribution in [2.45, 2.75) is 63.6 Å². The molecule has 1 aliphatic carbocycles. The Morgan fingerprint density at radius 1 is 1.02 bits per heavy atom. The van der Waals surface area contributed by atoms with E-state index < -0.39 is 155 Å². The third kappa shape index (κ3) is 8.73. The number of amides is 1. The van der Waals surface area contributed by atoms with Crippen molar-refractivity contribution in [2.24, 2.45) is 5.89 Å². The number of nitrogens with zero attached hydrogens (tertiary/aromatic N) is 4. The molecule has 0 aliphatic heterocycles. The van der Waals surface area contributed by atoms with Gasteiger partial charge in [-0.1, -0.05) is 80.9 Å². The Morgan fingerprint density at radius 3 is 2.25 bits per heavy atom. The monoisotopic (exact) mass is 699 g/mol. The average molecular weight is 700 g/mol. The van der Waals surface area contributed by atoms with E-state index in [1.54, 1.807) is 0 Å². The third-order valence-electron chi connectivity index (χ3n) is 6.67. The zero-order valence-corrected chi connectivity index (χ0v) is 26.5. The fourth-order valence-corrected chi connectivity index (χ4v) is 5.07. The molecule has 4 aromatic rings. The fourth-order valence-electron chi connectivity index (χ4n) is 4.17. The zero-order chi connectivity index (χ0) is 51.3. The minimum atomic E-state index is -5.41. The van der Waals surface area contributed by atoms with Crippen LogP contribution in [-0.2, 0) is 42.5 Å². The smallest absolute Gasteiger partial charge is 0.336 e. The maximum atomic E-state index is 15.2. The first kappa shape index (κ1) is 18.2. The summed E-state index contributed by atoms with van der Waals surface area (Å²) in [5.41, 5.74) is -8.79. The molecule has 1 amide bonds. The number of hydrogen-bond donors (Lipinski definition) is 0. The molecule has 6 nitrogen and oxygen atoms in total. The van der Waals surface area contributed by atoms with Crippen molar-refractivity contribution in [1.29, 1.82) is 0 Å². The largest absolute Gasteiger partial charge is 0.416 e. The molecule has 0 spiro atoms. The third-order valence-corrected chi connectivity index (χ3v) is 7.68. The van der Waals surface area contributed by atoms with E-state index in [0.29, 0.717) is 17.3 Å². The highest BCUT2D eigenvalue weighted by atomic mass is 32.2. The van der Waals surface area contributed by atoms with Gasteiger partial charge < -0.3 is 14.4 Å². The lowest BCUT2D eigenvalue weighted by Crippen LogP contribution is -2.40. The SMILES string of the molecule is [2H]c1c([2H])c(-c2c([2H])c([2H])c(C(F)(F)F)c([2H])c2[2H])c([2H])c([2H])c1CN(C(=O)C([2H])([2H])n1c(SCc2ccc(F)cc2)nc(=O)c2c1C([2H])([2H])C([2H])(C)C2([2H])[2H])C([2H])([2H])C([2H])([2H])N(CC)CC. The van der Waals surface area contributed by atoms with Crippen LogP contribution in [0.5, 0.6) is 0 Å². The number of likely N-dealkylation sites (N-methyl/N-ethyl adjacent to an activating group) is 1. The Kier molecular flexibility index (Phi) is 5.86. The lowest BCUT2D eigenvalue weighted by atomic mass is 10.0. The van der Waals surface area contributed by atoms with Gasteiger partial charge >= 0.3 is 6.18 Å². The van der Waals surface area contributed by atoms with Gasteiger partial charge in [0.1, 0.15) is 12.3 Å². The van der Waals surface area contributed by atoms with E-state index in [1.165, 1.54) is 26.0 Å². The number of thioether (sulfide) groups is 1. The summed E-state index contributed by atoms with van der Waals surface area (Å²) >= 11 is 0.450. The number of fused-ring (bicyclic) bond motifs is 1. The minimum Gasteiger partial charge on any atom is -0.336 e. The number of carbonyl (C=O) groups is 1. The van der Waals surface area contributed by atoms with Crippen molar-refractivity contribution in [3.05, 3.63) is 117 Å². The van der Waals surface area contributed by atoms with Crippen LogP contribution in [0.2, 0.25) is 0 Å². The Bertz CT molecular complexity index is 2660. The predicted molar refractivity (Wildman–Crippen MR) is 181 cm³/mol. The number of carbonyl (C=O) groups excluding carboxylic acids is 1. The van der Waals surface area contributed by atoms with E-state index in [0.717, 1.165) is 24.0 Å². The molecule has 1 aliphatic rings. The van der Waals surface area contributed by atoms with Crippen LogP contribution >= 0.6 is 11.8 Å². The van der Waals surface area contributed by atoms with E-state index >= 15 is 4.79 Å². The highest BCUT2D eigenvalue weighted by molar-refractivity contribution is 7.98. The van der Waals surface area contributed by atoms with Gasteiger partial charge in [-0.05, 0) is 78.2 Å². The number of hydrogen-bond acceptors (Lipinski definition) is 5. The lowest BCUT2D eigenvalue weighted by Gasteiger charge is -2.28. The number of rotatable bonds is 13. The van der Waals surface area contributed by atoms with Gasteiger partial charge in [-0.15, -0.1) is 0 Å². The second-order valence-electron chi connectivity index (χ2n) is 10.0. The van der Waals surface area contributed by atoms with Gasteiger partial charge in [-0.3, -0.25) is 9.59 Å². The van der Waals surface area contributed by atoms with Crippen molar-refractivity contribution in [3.8, 4) is 11.1 Å². The van der Waals surface area contributed by atoms with Crippen molar-refractivity contribution in [2.75, 3.05) is 26.1 Å². The highest BCUT2D eigenvalue weighted by Crippen LogP contribution is 2.32. The molecule has 3 aromatic carbocycles. The predicted octanol–water partition coefficient (Wildman–Crippen LogP) is 7.47. The van der Waals surface area contributed by atoms with Gasteiger partial charge in [-0.25, -0.2) is 4.39 Å². The maximum Gasteiger partial charge on any atom is 0.416 e. The van der Waals surface area contributed by atoms with Gasteiger partial charge in [-0.2, -0.15) is 18.2 Å². The van der Waals surface area contributed by atoms with Crippen molar-refractivity contribution < 1.29 is 48.4 Å². The standard InChI is InChI=1S/C37H40F4N4O2S/c1-4-43(5-2)18-19-44(22-26-6-10-28(11-7-26)29-12-14-30(15-13-29)37(39,40)41)34(46)23-45-33-21-25(3)20-32(33)35(47)42-36(45)48-24-27-8-16-31(38)17-9-27/h6-17,25H,4-5,18-24H2,1-3H3/i6D,7D,10D,11D,12D,13D,14D,15D,18D2,19D2,20D2,21D2,23D2,25D. The molecule has 5 rings (SSSR count). The van der Waals surface area contributed by atoms with E-state index in [4.69, 9.17) is 20.6 Å². The molecule has 254 valence electrons. The first-order valence-corrected chi connectivity index (χ1v) is 15.3. The van der Waals surface area contributed by atoms with Gasteiger partial charge in [0.2, 0.25) is 5.91 Å². The molecule has 1 heterocycles. The van der Waals surface area contributed by atoms with E-state index in [-0.39, 0.29) is 28.3 Å². The Labute approximate surface area is 309 Å². The summed E-state index contributed by atoms with van der Waals surface area (Å²) < 4.78 is 223. The average Bonchev–Trinajstić information content (AvgIpc) is 3.32. The summed E-state index contributed by atoms with van der Waals surface area (Å²) in [6, 6.07) is -6.49. The van der Waals surface area contributed by atoms with Crippen LogP contribution < -0.4 is 5.56 Å². The molecule has 0 fully saturated rings. The summed E-state index contributed by atoms with van der Waals surface area (Å²) in [5, 5.41) is -0.860. The number of halogens is 4. The van der Waals surface area contributed by atoms with Crippen LogP contribution in [0.15, 0.2) is 82.6 Å². The van der Waals surface area contributed by atoms with E-state index in [9.17, 15) is 27.8 Å². The van der Waals surface area contributed by atoms with Gasteiger partial charge in [0.25, 0.3) is 5.56 Å². The molecule has 0 saturated heterocycles. The molecule has 0 N–H and O–H groups in total. The second-order valence-corrected chi connectivity index (χ2v) is 11.0. The topological polar surface area (TPSA) is 58.4 Å². The zero-order valence-electron chi connectivity index (χ0n) is 44.7. The van der Waals surface area contributed by atoms with Crippen LogP contribution in [-0.4, -0.2) is 51.3 Å². The van der Waals surface area contributed by atoms with Crippen molar-refractivity contribution in [3.63, 3.8) is 0 Å². The summed E-state index contributed by atoms with van der Waals surface area (Å²) in [6.07, 6.45) is -12.0. The first-order chi connectivity index (χ1) is 30.4. The van der Waals surface area contributed by atoms with Gasteiger partial charge in [0.05, 0.1) is 22.0 Å². The molecular formula is C37H40F4N4O2S. The quantitative estimate of drug-likeness (QED) is 0.0824. The highest BCUT2D eigenvalue weighted by Gasteiger charge is 2.30. The molecule has 1 unspecified atom stereocenters. The molecule has 1 aromatic heterocycles. The molecule has 0 radical (unpaired) electrons. The minimum absolute atomic E-state index is 0.124. The second kappa shape index (κ2) is 15.5.